The predicted octanol–water partition coefficient (Wildman–Crippen LogP) is 20.9. The molecule has 1 fully saturated rings. The van der Waals surface area contributed by atoms with Crippen LogP contribution in [0.1, 0.15) is 66.0 Å². The third-order valence-corrected chi connectivity index (χ3v) is 23.7. The molecule has 11 aromatic rings. The molecule has 570 valence electrons. The number of benzene rings is 11. The van der Waals surface area contributed by atoms with Crippen molar-refractivity contribution in [2.75, 3.05) is 0 Å². The van der Waals surface area contributed by atoms with Crippen LogP contribution in [0.15, 0.2) is 334 Å². The molecule has 1 aliphatic carbocycles. The van der Waals surface area contributed by atoms with Crippen molar-refractivity contribution < 1.29 is 100 Å². The van der Waals surface area contributed by atoms with Crippen LogP contribution in [0.4, 0.5) is 0 Å². The van der Waals surface area contributed by atoms with E-state index in [0.29, 0.717) is 55.6 Å². The summed E-state index contributed by atoms with van der Waals surface area (Å²) < 4.78 is 191. The first-order chi connectivity index (χ1) is 53.6. The number of phosphoric acid groups is 5. The SMILES string of the molecule is O=C(OC1[C@@H](OP(=O)(OCc2ccccc2)OCc2ccccc2)[C@H](OP(=O)(OCc2ccccc2)OCc2ccccc2)C(OP(=O)(OCc2ccccc2)OCc2ccccc2)[C@H](OP(=O)(OCc2ccccc2)OCc2ccccc2)[C@H]1OP(=O)(OCc1ccccc1)OCc1ccccc1)c1ccccc1. The number of carbonyl (C=O) groups is 1. The third kappa shape index (κ3) is 25.0. The highest BCUT2D eigenvalue weighted by Gasteiger charge is 2.65. The van der Waals surface area contributed by atoms with E-state index in [9.17, 15) is 0 Å². The molecule has 0 bridgehead atoms. The van der Waals surface area contributed by atoms with Gasteiger partial charge in [0.2, 0.25) is 0 Å². The summed E-state index contributed by atoms with van der Waals surface area (Å²) in [5.74, 6) is -1.19. The minimum absolute atomic E-state index is 0.134. The fraction of sp³-hybridized carbons (Fsp3) is 0.193. The van der Waals surface area contributed by atoms with E-state index in [1.54, 1.807) is 322 Å². The summed E-state index contributed by atoms with van der Waals surface area (Å²) in [5.41, 5.74) is 4.35. The number of hydrogen-bond donors (Lipinski definition) is 0. The van der Waals surface area contributed by atoms with Crippen molar-refractivity contribution in [2.24, 2.45) is 0 Å². The lowest BCUT2D eigenvalue weighted by atomic mass is 9.85. The molecule has 1 aliphatic rings. The number of ether oxygens (including phenoxy) is 1. The molecule has 110 heavy (non-hydrogen) atoms. The average molecular weight is 1590 g/mol. The maximum atomic E-state index is 16.9. The van der Waals surface area contributed by atoms with Crippen LogP contribution in [-0.2, 0) is 161 Å². The van der Waals surface area contributed by atoms with Crippen molar-refractivity contribution in [1.29, 1.82) is 0 Å². The van der Waals surface area contributed by atoms with E-state index in [4.69, 9.17) is 72.6 Å². The Labute approximate surface area is 639 Å². The Morgan fingerprint density at radius 3 is 0.464 bits per heavy atom. The highest BCUT2D eigenvalue weighted by atomic mass is 31.2. The van der Waals surface area contributed by atoms with Crippen LogP contribution < -0.4 is 0 Å². The van der Waals surface area contributed by atoms with E-state index >= 15 is 27.6 Å². The Kier molecular flexibility index (Phi) is 29.9. The van der Waals surface area contributed by atoms with E-state index in [1.165, 1.54) is 12.1 Å². The zero-order chi connectivity index (χ0) is 76.2. The first kappa shape index (κ1) is 80.9. The molecular formula is C83H81O22P5. The maximum absolute atomic E-state index is 16.9. The monoisotopic (exact) mass is 1580 g/mol. The van der Waals surface area contributed by atoms with Gasteiger partial charge < -0.3 is 4.74 Å². The van der Waals surface area contributed by atoms with Crippen LogP contribution in [-0.4, -0.2) is 42.6 Å². The standard InChI is InChI=1S/C83H81O22P5/c84-83(76-54-32-11-33-55-76)100-77-78(101-106(85,90-56-66-34-12-1-13-35-66)91-57-67-36-14-2-15-37-67)80(103-108(87,94-60-70-42-20-5-21-43-70)95-61-71-44-22-6-23-45-71)82(105-110(89,98-64-74-50-28-9-29-51-74)99-65-75-52-30-10-31-53-75)81(104-109(88,96-62-72-46-24-7-25-47-72)97-63-73-48-26-8-27-49-73)79(77)102-107(86,92-58-68-38-16-3-17-39-68)93-59-69-40-18-4-19-41-69/h1-55,77-82H,56-65H2/t77?,78-,79+,80+,81-,82?. The summed E-state index contributed by atoms with van der Waals surface area (Å²) in [6.45, 7) is -5.09. The largest absolute Gasteiger partial charge is 0.475 e. The maximum Gasteiger partial charge on any atom is 0.475 e. The lowest BCUT2D eigenvalue weighted by molar-refractivity contribution is -0.211. The zero-order valence-electron chi connectivity index (χ0n) is 59.5. The second-order valence-corrected chi connectivity index (χ2v) is 33.0. The molecule has 6 atom stereocenters. The molecule has 22 nitrogen and oxygen atoms in total. The number of hydrogen-bond acceptors (Lipinski definition) is 22. The number of phosphoric ester groups is 5. The van der Waals surface area contributed by atoms with Gasteiger partial charge >= 0.3 is 45.1 Å². The molecule has 0 spiro atoms. The molecule has 27 heteroatoms. The molecule has 2 unspecified atom stereocenters. The van der Waals surface area contributed by atoms with Gasteiger partial charge in [-0.1, -0.05) is 322 Å². The second kappa shape index (κ2) is 40.6. The molecule has 11 aromatic carbocycles. The molecule has 1 saturated carbocycles. The van der Waals surface area contributed by atoms with E-state index in [-0.39, 0.29) is 5.56 Å². The summed E-state index contributed by atoms with van der Waals surface area (Å²) in [6, 6.07) is 93.1. The average Bonchev–Trinajstić information content (AvgIpc) is 0.735. The van der Waals surface area contributed by atoms with Crippen LogP contribution in [0.2, 0.25) is 0 Å². The normalized spacial score (nSPS) is 16.9. The lowest BCUT2D eigenvalue weighted by Gasteiger charge is -2.49. The van der Waals surface area contributed by atoms with Gasteiger partial charge in [0.05, 0.1) is 71.6 Å². The molecular weight excluding hydrogens is 1500 g/mol. The van der Waals surface area contributed by atoms with Crippen LogP contribution in [0, 0.1) is 0 Å². The third-order valence-electron chi connectivity index (χ3n) is 16.8. The Bertz CT molecular complexity index is 4350. The fourth-order valence-electron chi connectivity index (χ4n) is 11.1. The first-order valence-corrected chi connectivity index (χ1v) is 42.5. The fourth-order valence-corrected chi connectivity index (χ4v) is 17.9. The first-order valence-electron chi connectivity index (χ1n) is 35.2. The van der Waals surface area contributed by atoms with E-state index in [1.807, 2.05) is 0 Å². The molecule has 0 N–H and O–H groups in total. The number of esters is 1. The van der Waals surface area contributed by atoms with Gasteiger partial charge in [-0.25, -0.2) is 27.6 Å². The van der Waals surface area contributed by atoms with Gasteiger partial charge in [-0.05, 0) is 67.8 Å². The quantitative estimate of drug-likeness (QED) is 0.0255. The van der Waals surface area contributed by atoms with E-state index < -0.39 is 148 Å². The summed E-state index contributed by atoms with van der Waals surface area (Å²) in [7, 11) is -27.5. The van der Waals surface area contributed by atoms with Gasteiger partial charge in [0.15, 0.2) is 6.10 Å². The molecule has 0 aromatic heterocycles. The summed E-state index contributed by atoms with van der Waals surface area (Å²) in [4.78, 5) is 15.7. The van der Waals surface area contributed by atoms with Crippen LogP contribution in [0.3, 0.4) is 0 Å². The van der Waals surface area contributed by atoms with Gasteiger partial charge in [0, 0.05) is 0 Å². The molecule has 12 rings (SSSR count). The van der Waals surface area contributed by atoms with E-state index in [0.717, 1.165) is 0 Å². The summed E-state index contributed by atoms with van der Waals surface area (Å²) in [5, 5.41) is 0. The van der Waals surface area contributed by atoms with Gasteiger partial charge in [0.25, 0.3) is 0 Å². The van der Waals surface area contributed by atoms with Crippen molar-refractivity contribution in [3.05, 3.63) is 395 Å². The highest BCUT2D eigenvalue weighted by Crippen LogP contribution is 2.65. The number of carbonyl (C=O) groups excluding carboxylic acids is 1. The Hall–Kier alpha value is -8.56. The Morgan fingerprint density at radius 2 is 0.318 bits per heavy atom. The second-order valence-electron chi connectivity index (χ2n) is 24.9. The zero-order valence-corrected chi connectivity index (χ0v) is 64.0. The Balaban J connectivity index is 1.14. The van der Waals surface area contributed by atoms with Crippen molar-refractivity contribution in [3.8, 4) is 0 Å². The van der Waals surface area contributed by atoms with Gasteiger partial charge in [-0.15, -0.1) is 0 Å². The topological polar surface area (TPSA) is 250 Å². The van der Waals surface area contributed by atoms with Crippen LogP contribution >= 0.6 is 39.1 Å². The lowest BCUT2D eigenvalue weighted by Crippen LogP contribution is -2.67. The van der Waals surface area contributed by atoms with Crippen molar-refractivity contribution in [3.63, 3.8) is 0 Å². The summed E-state index contributed by atoms with van der Waals surface area (Å²) >= 11 is 0. The minimum atomic E-state index is -5.52. The Morgan fingerprint density at radius 1 is 0.191 bits per heavy atom. The van der Waals surface area contributed by atoms with Crippen LogP contribution in [0.5, 0.6) is 0 Å². The summed E-state index contributed by atoms with van der Waals surface area (Å²) in [6.07, 6.45) is -15.2. The highest BCUT2D eigenvalue weighted by molar-refractivity contribution is 7.49. The number of rotatable bonds is 42. The molecule has 0 saturated heterocycles. The smallest absolute Gasteiger partial charge is 0.453 e. The van der Waals surface area contributed by atoms with Gasteiger partial charge in [-0.2, -0.15) is 0 Å². The van der Waals surface area contributed by atoms with Gasteiger partial charge in [-0.3, -0.25) is 67.9 Å². The predicted molar refractivity (Wildman–Crippen MR) is 410 cm³/mol. The van der Waals surface area contributed by atoms with Crippen molar-refractivity contribution >= 4 is 45.1 Å². The minimum Gasteiger partial charge on any atom is -0.453 e. The molecule has 0 heterocycles. The van der Waals surface area contributed by atoms with Crippen LogP contribution in [0.25, 0.3) is 0 Å². The van der Waals surface area contributed by atoms with E-state index in [2.05, 4.69) is 0 Å². The van der Waals surface area contributed by atoms with Crippen molar-refractivity contribution in [1.82, 2.24) is 0 Å². The molecule has 0 amide bonds. The van der Waals surface area contributed by atoms with Gasteiger partial charge in [0.1, 0.15) is 30.5 Å². The molecule has 0 radical (unpaired) electrons. The van der Waals surface area contributed by atoms with Crippen molar-refractivity contribution in [2.45, 2.75) is 103 Å². The molecule has 0 aliphatic heterocycles.